The molecule has 1 saturated heterocycles. The molecule has 1 aliphatic rings. The van der Waals surface area contributed by atoms with Gasteiger partial charge in [0, 0.05) is 19.8 Å². The molecule has 0 aromatic heterocycles. The Balaban J connectivity index is 2.25. The molecular weight excluding hydrogens is 194 g/mol. The molecule has 0 unspecified atom stereocenters. The van der Waals surface area contributed by atoms with Crippen molar-refractivity contribution in [1.29, 1.82) is 0 Å². The number of alkyl carbamates (subject to hydrolysis) is 1. The average molecular weight is 215 g/mol. The zero-order valence-corrected chi connectivity index (χ0v) is 9.84. The van der Waals surface area contributed by atoms with E-state index in [0.717, 1.165) is 26.1 Å². The SMILES string of the molecule is CC(C)OC(=O)NCC1(C)CCOCC1. The molecule has 0 spiro atoms. The molecule has 1 heterocycles. The molecule has 88 valence electrons. The number of hydrogen-bond acceptors (Lipinski definition) is 3. The summed E-state index contributed by atoms with van der Waals surface area (Å²) in [6.45, 7) is 8.10. The fraction of sp³-hybridized carbons (Fsp3) is 0.909. The third kappa shape index (κ3) is 4.51. The summed E-state index contributed by atoms with van der Waals surface area (Å²) < 4.78 is 10.3. The van der Waals surface area contributed by atoms with E-state index in [1.54, 1.807) is 0 Å². The lowest BCUT2D eigenvalue weighted by atomic mass is 9.82. The summed E-state index contributed by atoms with van der Waals surface area (Å²) in [4.78, 5) is 11.3. The van der Waals surface area contributed by atoms with Gasteiger partial charge in [0.25, 0.3) is 0 Å². The van der Waals surface area contributed by atoms with Crippen LogP contribution in [0.4, 0.5) is 4.79 Å². The molecule has 0 radical (unpaired) electrons. The van der Waals surface area contributed by atoms with Gasteiger partial charge in [0.1, 0.15) is 0 Å². The lowest BCUT2D eigenvalue weighted by Gasteiger charge is -2.33. The molecule has 1 aliphatic heterocycles. The van der Waals surface area contributed by atoms with Gasteiger partial charge in [-0.05, 0) is 32.1 Å². The molecule has 0 aliphatic carbocycles. The number of rotatable bonds is 3. The smallest absolute Gasteiger partial charge is 0.407 e. The van der Waals surface area contributed by atoms with Gasteiger partial charge >= 0.3 is 6.09 Å². The molecule has 1 fully saturated rings. The second-order valence-corrected chi connectivity index (χ2v) is 4.73. The van der Waals surface area contributed by atoms with Gasteiger partial charge in [-0.3, -0.25) is 0 Å². The summed E-state index contributed by atoms with van der Waals surface area (Å²) in [7, 11) is 0. The molecular formula is C11H21NO3. The highest BCUT2D eigenvalue weighted by atomic mass is 16.6. The van der Waals surface area contributed by atoms with Crippen LogP contribution < -0.4 is 5.32 Å². The van der Waals surface area contributed by atoms with Crippen molar-refractivity contribution >= 4 is 6.09 Å². The molecule has 4 heteroatoms. The molecule has 0 bridgehead atoms. The van der Waals surface area contributed by atoms with Crippen LogP contribution >= 0.6 is 0 Å². The molecule has 15 heavy (non-hydrogen) atoms. The van der Waals surface area contributed by atoms with Crippen LogP contribution in [0.3, 0.4) is 0 Å². The molecule has 1 N–H and O–H groups in total. The first-order chi connectivity index (χ1) is 7.02. The minimum atomic E-state index is -0.322. The quantitative estimate of drug-likeness (QED) is 0.782. The van der Waals surface area contributed by atoms with Crippen LogP contribution in [0.25, 0.3) is 0 Å². The minimum Gasteiger partial charge on any atom is -0.447 e. The van der Waals surface area contributed by atoms with E-state index in [2.05, 4.69) is 12.2 Å². The Morgan fingerprint density at radius 3 is 2.60 bits per heavy atom. The summed E-state index contributed by atoms with van der Waals surface area (Å²) in [5, 5.41) is 2.81. The van der Waals surface area contributed by atoms with E-state index in [1.807, 2.05) is 13.8 Å². The molecule has 0 atom stereocenters. The van der Waals surface area contributed by atoms with Crippen LogP contribution in [0.5, 0.6) is 0 Å². The summed E-state index contributed by atoms with van der Waals surface area (Å²) >= 11 is 0. The number of ether oxygens (including phenoxy) is 2. The third-order valence-corrected chi connectivity index (χ3v) is 2.70. The highest BCUT2D eigenvalue weighted by Gasteiger charge is 2.27. The van der Waals surface area contributed by atoms with Gasteiger partial charge in [-0.15, -0.1) is 0 Å². The fourth-order valence-corrected chi connectivity index (χ4v) is 1.58. The average Bonchev–Trinajstić information content (AvgIpc) is 2.15. The van der Waals surface area contributed by atoms with E-state index in [4.69, 9.17) is 9.47 Å². The van der Waals surface area contributed by atoms with Crippen LogP contribution in [-0.4, -0.2) is 32.0 Å². The van der Waals surface area contributed by atoms with Gasteiger partial charge in [-0.1, -0.05) is 6.92 Å². The van der Waals surface area contributed by atoms with E-state index in [9.17, 15) is 4.79 Å². The zero-order valence-electron chi connectivity index (χ0n) is 9.84. The van der Waals surface area contributed by atoms with Crippen molar-refractivity contribution in [3.8, 4) is 0 Å². The van der Waals surface area contributed by atoms with Crippen LogP contribution in [0, 0.1) is 5.41 Å². The summed E-state index contributed by atoms with van der Waals surface area (Å²) in [5.41, 5.74) is 0.161. The van der Waals surface area contributed by atoms with Crippen LogP contribution in [0.15, 0.2) is 0 Å². The van der Waals surface area contributed by atoms with Crippen molar-refractivity contribution in [2.24, 2.45) is 5.41 Å². The maximum Gasteiger partial charge on any atom is 0.407 e. The molecule has 0 aromatic carbocycles. The lowest BCUT2D eigenvalue weighted by Crippen LogP contribution is -2.40. The van der Waals surface area contributed by atoms with Crippen molar-refractivity contribution < 1.29 is 14.3 Å². The monoisotopic (exact) mass is 215 g/mol. The van der Waals surface area contributed by atoms with E-state index < -0.39 is 0 Å². The lowest BCUT2D eigenvalue weighted by molar-refractivity contribution is 0.0227. The predicted octanol–water partition coefficient (Wildman–Crippen LogP) is 1.94. The van der Waals surface area contributed by atoms with Gasteiger partial charge in [0.05, 0.1) is 6.10 Å². The predicted molar refractivity (Wildman–Crippen MR) is 57.8 cm³/mol. The Bertz CT molecular complexity index is 210. The highest BCUT2D eigenvalue weighted by Crippen LogP contribution is 2.28. The van der Waals surface area contributed by atoms with Gasteiger partial charge in [-0.2, -0.15) is 0 Å². The van der Waals surface area contributed by atoms with E-state index >= 15 is 0 Å². The van der Waals surface area contributed by atoms with Gasteiger partial charge in [-0.25, -0.2) is 4.79 Å². The van der Waals surface area contributed by atoms with E-state index in [1.165, 1.54) is 0 Å². The van der Waals surface area contributed by atoms with Crippen molar-refractivity contribution in [2.75, 3.05) is 19.8 Å². The van der Waals surface area contributed by atoms with E-state index in [-0.39, 0.29) is 17.6 Å². The highest BCUT2D eigenvalue weighted by molar-refractivity contribution is 5.67. The van der Waals surface area contributed by atoms with Gasteiger partial charge < -0.3 is 14.8 Å². The second-order valence-electron chi connectivity index (χ2n) is 4.73. The van der Waals surface area contributed by atoms with Crippen molar-refractivity contribution in [2.45, 2.75) is 39.7 Å². The Labute approximate surface area is 91.3 Å². The molecule has 4 nitrogen and oxygen atoms in total. The first-order valence-electron chi connectivity index (χ1n) is 5.54. The zero-order chi connectivity index (χ0) is 11.3. The van der Waals surface area contributed by atoms with Crippen molar-refractivity contribution in [3.63, 3.8) is 0 Å². The summed E-state index contributed by atoms with van der Waals surface area (Å²) in [6.07, 6.45) is 1.61. The summed E-state index contributed by atoms with van der Waals surface area (Å²) in [5.74, 6) is 0. The Morgan fingerprint density at radius 1 is 1.47 bits per heavy atom. The number of hydrogen-bond donors (Lipinski definition) is 1. The number of carbonyl (C=O) groups is 1. The maximum atomic E-state index is 11.3. The topological polar surface area (TPSA) is 47.6 Å². The largest absolute Gasteiger partial charge is 0.447 e. The molecule has 1 rings (SSSR count). The molecule has 0 saturated carbocycles. The number of carbonyl (C=O) groups excluding carboxylic acids is 1. The number of amides is 1. The Hall–Kier alpha value is -0.770. The molecule has 0 aromatic rings. The van der Waals surface area contributed by atoms with E-state index in [0.29, 0.717) is 6.54 Å². The van der Waals surface area contributed by atoms with Crippen LogP contribution in [0.1, 0.15) is 33.6 Å². The first kappa shape index (κ1) is 12.3. The van der Waals surface area contributed by atoms with Gasteiger partial charge in [0.2, 0.25) is 0 Å². The Kier molecular flexibility index (Phi) is 4.39. The maximum absolute atomic E-state index is 11.3. The summed E-state index contributed by atoms with van der Waals surface area (Å²) in [6, 6.07) is 0. The fourth-order valence-electron chi connectivity index (χ4n) is 1.58. The normalized spacial score (nSPS) is 20.0. The standard InChI is InChI=1S/C11H21NO3/c1-9(2)15-10(13)12-8-11(3)4-6-14-7-5-11/h9H,4-8H2,1-3H3,(H,12,13). The second kappa shape index (κ2) is 5.35. The van der Waals surface area contributed by atoms with Gasteiger partial charge in [0.15, 0.2) is 0 Å². The van der Waals surface area contributed by atoms with Crippen LogP contribution in [0.2, 0.25) is 0 Å². The number of nitrogens with one attached hydrogen (secondary N) is 1. The minimum absolute atomic E-state index is 0.0625. The molecule has 1 amide bonds. The van der Waals surface area contributed by atoms with Crippen LogP contribution in [-0.2, 0) is 9.47 Å². The van der Waals surface area contributed by atoms with Crippen molar-refractivity contribution in [3.05, 3.63) is 0 Å². The van der Waals surface area contributed by atoms with Crippen molar-refractivity contribution in [1.82, 2.24) is 5.32 Å². The Morgan fingerprint density at radius 2 is 2.07 bits per heavy atom. The first-order valence-corrected chi connectivity index (χ1v) is 5.54. The third-order valence-electron chi connectivity index (χ3n) is 2.70.